The third kappa shape index (κ3) is 20.7. The second-order valence-corrected chi connectivity index (χ2v) is 40.9. The van der Waals surface area contributed by atoms with E-state index in [0.717, 1.165) is 12.8 Å². The Balaban J connectivity index is 1.06. The average molecular weight is 1420 g/mol. The van der Waals surface area contributed by atoms with Crippen molar-refractivity contribution in [3.63, 3.8) is 0 Å². The van der Waals surface area contributed by atoms with Gasteiger partial charge in [0, 0.05) is 155 Å². The lowest BCUT2D eigenvalue weighted by Crippen LogP contribution is -2.64. The number of nitrogens with one attached hydrogen (secondary N) is 4. The Morgan fingerprint density at radius 1 is 0.347 bits per heavy atom. The van der Waals surface area contributed by atoms with Crippen molar-refractivity contribution in [1.82, 2.24) is 36.0 Å². The van der Waals surface area contributed by atoms with Crippen LogP contribution in [-0.2, 0) is 42.7 Å². The van der Waals surface area contributed by atoms with Gasteiger partial charge < -0.3 is 54.4 Å². The third-order valence-electron chi connectivity index (χ3n) is 24.4. The predicted molar refractivity (Wildman–Crippen MR) is 396 cm³/mol. The van der Waals surface area contributed by atoms with Gasteiger partial charge in [0.2, 0.25) is 0 Å². The maximum Gasteiger partial charge on any atom is 0.339 e. The average Bonchev–Trinajstić information content (AvgIpc) is 0.770. The molecule has 20 heteroatoms. The minimum Gasteiger partial charge on any atom is -0.462 e. The van der Waals surface area contributed by atoms with E-state index < -0.39 is 128 Å². The first-order valence-electron chi connectivity index (χ1n) is 38.1. The van der Waals surface area contributed by atoms with Gasteiger partial charge in [-0.2, -0.15) is 0 Å². The van der Waals surface area contributed by atoms with Crippen LogP contribution in [-0.4, -0.2) is 199 Å². The highest BCUT2D eigenvalue weighted by atomic mass is 16.6. The van der Waals surface area contributed by atoms with Gasteiger partial charge in [-0.05, 0) is 239 Å². The molecule has 7 fully saturated rings. The highest BCUT2D eigenvalue weighted by Gasteiger charge is 2.53. The number of benzene rings is 1. The van der Waals surface area contributed by atoms with Crippen molar-refractivity contribution >= 4 is 35.8 Å². The molecule has 4 N–H and O–H groups in total. The third-order valence-corrected chi connectivity index (χ3v) is 24.4. The molecule has 5 atom stereocenters. The van der Waals surface area contributed by atoms with Gasteiger partial charge in [0.15, 0.2) is 0 Å². The Kier molecular flexibility index (Phi) is 23.2. The Morgan fingerprint density at radius 2 is 0.624 bits per heavy atom. The van der Waals surface area contributed by atoms with Gasteiger partial charge in [0.05, 0.1) is 47.3 Å². The molecule has 0 radical (unpaired) electrons. The summed E-state index contributed by atoms with van der Waals surface area (Å²) in [4.78, 5) is 97.2. The van der Waals surface area contributed by atoms with E-state index in [1.807, 2.05) is 0 Å². The number of likely N-dealkylation sites (tertiary alicyclic amines) is 3. The summed E-state index contributed by atoms with van der Waals surface area (Å²) < 4.78 is 45.7. The van der Waals surface area contributed by atoms with Gasteiger partial charge in [-0.15, -0.1) is 0 Å². The predicted octanol–water partition coefficient (Wildman–Crippen LogP) is 13.4. The lowest BCUT2D eigenvalue weighted by Gasteiger charge is -2.56. The standard InChI is InChI=1S/C81H137N7O13/c1-68(2)35-52(36-69(3,4)82-68)98-64(91)58-33-60(66(93)100-54-39-72(9,10)84-73(11,12)40-54)61(34-59(58)65(92)99-53-37-70(5,6)83-71(7,8)38-53)67(94)101-55-41-74(13,14)85-80(25,47-55)30-31-81(26)48-57(46-79(23,24)88(81)29)97-63(90)50(49-95-51-42-75(15,16)86(27)76(17,18)43-51)32-62(89)96-56-44-77(19,20)87(28)78(21,22)45-56/h33-34,50-57,82-85H,30-32,35-49H2,1-29H3. The van der Waals surface area contributed by atoms with Crippen molar-refractivity contribution in [3.05, 3.63) is 34.4 Å². The van der Waals surface area contributed by atoms with Gasteiger partial charge in [-0.3, -0.25) is 24.3 Å². The Morgan fingerprint density at radius 3 is 0.960 bits per heavy atom. The van der Waals surface area contributed by atoms with Crippen LogP contribution in [0.2, 0.25) is 0 Å². The second kappa shape index (κ2) is 28.5. The van der Waals surface area contributed by atoms with E-state index in [4.69, 9.17) is 33.2 Å². The van der Waals surface area contributed by atoms with E-state index in [1.54, 1.807) is 0 Å². The molecule has 7 aliphatic rings. The first-order valence-corrected chi connectivity index (χ1v) is 38.1. The van der Waals surface area contributed by atoms with Crippen molar-refractivity contribution in [2.75, 3.05) is 27.7 Å². The van der Waals surface area contributed by atoms with E-state index in [9.17, 15) is 9.59 Å². The van der Waals surface area contributed by atoms with Gasteiger partial charge in [0.1, 0.15) is 36.6 Å². The highest BCUT2D eigenvalue weighted by Crippen LogP contribution is 2.46. The summed E-state index contributed by atoms with van der Waals surface area (Å²) >= 11 is 0. The minimum absolute atomic E-state index is 0.0257. The SMILES string of the molecule is CN1C(C)(C)CC(OCC(CC(=O)OC2CC(C)(C)N(C)C(C)(C)C2)C(=O)OC2CC(C)(C)N(C)C(C)(CCC3(C)CC(OC(=O)c4cc(C(=O)OC5CC(C)(C)NC(C)(C)C5)c(C(=O)OC5CC(C)(C)NC(C)(C)C5)cc4C(=O)OC4CC(C)(C)NC(C)(C)C4)CC(C)(C)N3)C2)CC1(C)C. The molecule has 0 bridgehead atoms. The minimum atomic E-state index is -0.891. The fourth-order valence-corrected chi connectivity index (χ4v) is 20.3. The molecule has 574 valence electrons. The lowest BCUT2D eigenvalue weighted by molar-refractivity contribution is -0.175. The van der Waals surface area contributed by atoms with Crippen LogP contribution in [0.4, 0.5) is 0 Å². The number of piperidine rings is 7. The van der Waals surface area contributed by atoms with E-state index >= 15 is 19.2 Å². The van der Waals surface area contributed by atoms with E-state index in [0.29, 0.717) is 89.9 Å². The summed E-state index contributed by atoms with van der Waals surface area (Å²) in [6.45, 7) is 55.2. The first kappa shape index (κ1) is 82.4. The molecule has 0 saturated carbocycles. The van der Waals surface area contributed by atoms with Gasteiger partial charge in [-0.25, -0.2) is 19.2 Å². The van der Waals surface area contributed by atoms with Crippen molar-refractivity contribution < 1.29 is 61.9 Å². The largest absolute Gasteiger partial charge is 0.462 e. The van der Waals surface area contributed by atoms with Gasteiger partial charge >= 0.3 is 35.8 Å². The molecule has 7 heterocycles. The summed E-state index contributed by atoms with van der Waals surface area (Å²) in [5, 5.41) is 14.9. The molecule has 0 spiro atoms. The van der Waals surface area contributed by atoms with Gasteiger partial charge in [-0.1, -0.05) is 0 Å². The van der Waals surface area contributed by atoms with E-state index in [1.165, 1.54) is 12.1 Å². The summed E-state index contributed by atoms with van der Waals surface area (Å²) in [5.41, 5.74) is -6.06. The fourth-order valence-electron chi connectivity index (χ4n) is 20.3. The highest BCUT2D eigenvalue weighted by molar-refractivity contribution is 6.10. The van der Waals surface area contributed by atoms with Crippen molar-refractivity contribution in [3.8, 4) is 0 Å². The molecule has 0 aromatic heterocycles. The second-order valence-electron chi connectivity index (χ2n) is 40.9. The lowest BCUT2D eigenvalue weighted by atomic mass is 9.71. The Hall–Kier alpha value is -4.28. The molecule has 8 rings (SSSR count). The molecule has 0 aliphatic carbocycles. The maximum absolute atomic E-state index is 15.5. The monoisotopic (exact) mass is 1420 g/mol. The smallest absolute Gasteiger partial charge is 0.339 e. The van der Waals surface area contributed by atoms with Crippen LogP contribution in [0.1, 0.15) is 331 Å². The number of nitrogens with zero attached hydrogens (tertiary/aromatic N) is 3. The number of hydrogen-bond donors (Lipinski definition) is 4. The molecular formula is C81H137N7O13. The van der Waals surface area contributed by atoms with Crippen LogP contribution in [0.25, 0.3) is 0 Å². The van der Waals surface area contributed by atoms with Crippen molar-refractivity contribution in [2.45, 2.75) is 409 Å². The van der Waals surface area contributed by atoms with Crippen molar-refractivity contribution in [2.24, 2.45) is 5.92 Å². The van der Waals surface area contributed by atoms with Crippen LogP contribution < -0.4 is 21.3 Å². The number of ether oxygens (including phenoxy) is 7. The number of carbonyl (C=O) groups is 6. The molecule has 101 heavy (non-hydrogen) atoms. The Labute approximate surface area is 608 Å². The normalized spacial score (nSPS) is 30.4. The summed E-state index contributed by atoms with van der Waals surface area (Å²) in [6.07, 6.45) is 5.50. The summed E-state index contributed by atoms with van der Waals surface area (Å²) in [7, 11) is 6.41. The Bertz CT molecular complexity index is 3150. The topological polar surface area (TPSA) is 225 Å². The molecule has 20 nitrogen and oxygen atoms in total. The molecule has 0 amide bonds. The maximum atomic E-state index is 15.5. The first-order chi connectivity index (χ1) is 45.6. The zero-order valence-corrected chi connectivity index (χ0v) is 68.2. The number of esters is 6. The van der Waals surface area contributed by atoms with Crippen LogP contribution in [0.5, 0.6) is 0 Å². The molecule has 1 aromatic rings. The quantitative estimate of drug-likeness (QED) is 0.0746. The number of hydrogen-bond acceptors (Lipinski definition) is 20. The van der Waals surface area contributed by atoms with Gasteiger partial charge in [0.25, 0.3) is 0 Å². The zero-order valence-electron chi connectivity index (χ0n) is 68.2. The van der Waals surface area contributed by atoms with Crippen molar-refractivity contribution in [1.29, 1.82) is 0 Å². The van der Waals surface area contributed by atoms with E-state index in [2.05, 4.69) is 237 Å². The van der Waals surface area contributed by atoms with Crippen LogP contribution >= 0.6 is 0 Å². The van der Waals surface area contributed by atoms with E-state index in [-0.39, 0.29) is 69.6 Å². The summed E-state index contributed by atoms with van der Waals surface area (Å²) in [5.74, 6) is -5.10. The zero-order chi connectivity index (χ0) is 76.0. The summed E-state index contributed by atoms with van der Waals surface area (Å²) in [6, 6.07) is 2.60. The number of carbonyl (C=O) groups excluding carboxylic acids is 6. The molecule has 5 unspecified atom stereocenters. The van der Waals surface area contributed by atoms with Crippen LogP contribution in [0.15, 0.2) is 12.1 Å². The fraction of sp³-hybridized carbons (Fsp3) is 0.852. The molecule has 7 saturated heterocycles. The molecule has 7 aliphatic heterocycles. The van der Waals surface area contributed by atoms with Crippen LogP contribution in [0, 0.1) is 5.92 Å². The number of rotatable bonds is 19. The molecule has 1 aromatic carbocycles. The van der Waals surface area contributed by atoms with Crippen LogP contribution in [0.3, 0.4) is 0 Å². The molecular weight excluding hydrogens is 1280 g/mol.